The molecule has 0 amide bonds. The molecule has 4 heterocycles. The van der Waals surface area contributed by atoms with Crippen molar-refractivity contribution in [2.24, 2.45) is 0 Å². The van der Waals surface area contributed by atoms with Gasteiger partial charge in [0.1, 0.15) is 11.2 Å². The van der Waals surface area contributed by atoms with Crippen LogP contribution < -0.4 is 0 Å². The lowest BCUT2D eigenvalue weighted by Gasteiger charge is -2.11. The number of nitrogens with zero attached hydrogens (tertiary/aromatic N) is 4. The van der Waals surface area contributed by atoms with E-state index in [1.165, 1.54) is 36.5 Å². The molecule has 0 atom stereocenters. The smallest absolute Gasteiger partial charge is 0.164 e. The van der Waals surface area contributed by atoms with Crippen LogP contribution in [0.25, 0.3) is 115 Å². The summed E-state index contributed by atoms with van der Waals surface area (Å²) in [5.41, 5.74) is 9.98. The number of rotatable bonds is 5. The van der Waals surface area contributed by atoms with E-state index in [0.29, 0.717) is 17.5 Å². The summed E-state index contributed by atoms with van der Waals surface area (Å²) >= 11 is 1.84. The minimum absolute atomic E-state index is 0.582. The third kappa shape index (κ3) is 5.12. The maximum absolute atomic E-state index is 6.50. The van der Waals surface area contributed by atoms with Crippen molar-refractivity contribution >= 4 is 75.3 Å². The highest BCUT2D eigenvalue weighted by Crippen LogP contribution is 2.42. The zero-order valence-corrected chi connectivity index (χ0v) is 31.2. The van der Waals surface area contributed by atoms with Gasteiger partial charge in [0.15, 0.2) is 17.5 Å². The molecule has 0 fully saturated rings. The Bertz CT molecular complexity index is 3530. The molecule has 0 N–H and O–H groups in total. The fourth-order valence-corrected chi connectivity index (χ4v) is 9.54. The van der Waals surface area contributed by atoms with E-state index in [4.69, 9.17) is 19.4 Å². The Morgan fingerprint density at radius 2 is 1.05 bits per heavy atom. The summed E-state index contributed by atoms with van der Waals surface area (Å²) in [7, 11) is 0. The summed E-state index contributed by atoms with van der Waals surface area (Å²) in [4.78, 5) is 15.3. The van der Waals surface area contributed by atoms with Crippen LogP contribution in [0, 0.1) is 0 Å². The van der Waals surface area contributed by atoms with Crippen LogP contribution in [-0.2, 0) is 0 Å². The molecule has 0 spiro atoms. The highest BCUT2D eigenvalue weighted by molar-refractivity contribution is 7.25. The zero-order chi connectivity index (χ0) is 37.5. The molecule has 6 heteroatoms. The normalized spacial score (nSPS) is 11.9. The Balaban J connectivity index is 1.03. The highest BCUT2D eigenvalue weighted by atomic mass is 32.1. The van der Waals surface area contributed by atoms with Gasteiger partial charge in [-0.1, -0.05) is 127 Å². The maximum Gasteiger partial charge on any atom is 0.164 e. The molecule has 0 saturated heterocycles. The van der Waals surface area contributed by atoms with Gasteiger partial charge in [-0.25, -0.2) is 15.0 Å². The molecular weight excluding hydrogens is 717 g/mol. The van der Waals surface area contributed by atoms with Gasteiger partial charge in [-0.15, -0.1) is 11.3 Å². The van der Waals surface area contributed by atoms with E-state index in [-0.39, 0.29) is 0 Å². The van der Waals surface area contributed by atoms with Gasteiger partial charge >= 0.3 is 0 Å². The number of hydrogen-bond donors (Lipinski definition) is 0. The first-order valence-electron chi connectivity index (χ1n) is 19.0. The summed E-state index contributed by atoms with van der Waals surface area (Å²) in [5, 5.41) is 7.20. The monoisotopic (exact) mass is 746 g/mol. The molecule has 0 radical (unpaired) electrons. The molecule has 0 aliphatic carbocycles. The minimum Gasteiger partial charge on any atom is -0.456 e. The molecule has 266 valence electrons. The van der Waals surface area contributed by atoms with E-state index >= 15 is 0 Å². The van der Waals surface area contributed by atoms with E-state index in [1.54, 1.807) is 0 Å². The first kappa shape index (κ1) is 31.9. The standard InChI is InChI=1S/C51H30N4OS/c1-3-13-31(14-4-1)36-21-12-23-44-48(36)39-26-25-34(28-45(39)56-44)51-53-49(32-15-5-2-6-16-32)52-50(54-51)33-17-11-18-35(27-33)55-42-22-9-7-19-37(42)40-29-41-38-20-8-10-24-46(38)57-47(41)30-43(40)55/h1-30H. The van der Waals surface area contributed by atoms with E-state index in [2.05, 4.69) is 144 Å². The SMILES string of the molecule is c1ccc(-c2nc(-c3cccc(-n4c5ccccc5c5cc6c(cc54)sc4ccccc46)c3)nc(-c3ccc4c(c3)oc3cccc(-c5ccccc5)c34)n2)cc1. The van der Waals surface area contributed by atoms with Gasteiger partial charge in [0.05, 0.1) is 11.0 Å². The number of aromatic nitrogens is 4. The predicted molar refractivity (Wildman–Crippen MR) is 236 cm³/mol. The second-order valence-corrected chi connectivity index (χ2v) is 15.5. The molecular formula is C51H30N4OS. The van der Waals surface area contributed by atoms with Gasteiger partial charge in [0.2, 0.25) is 0 Å². The minimum atomic E-state index is 0.582. The van der Waals surface area contributed by atoms with Crippen LogP contribution in [0.3, 0.4) is 0 Å². The van der Waals surface area contributed by atoms with E-state index < -0.39 is 0 Å². The van der Waals surface area contributed by atoms with Crippen LogP contribution in [0.4, 0.5) is 0 Å². The van der Waals surface area contributed by atoms with Crippen molar-refractivity contribution in [3.63, 3.8) is 0 Å². The summed E-state index contributed by atoms with van der Waals surface area (Å²) in [6.45, 7) is 0. The van der Waals surface area contributed by atoms with E-state index in [9.17, 15) is 0 Å². The average Bonchev–Trinajstić information content (AvgIpc) is 3.95. The van der Waals surface area contributed by atoms with Crippen LogP contribution in [0.1, 0.15) is 0 Å². The van der Waals surface area contributed by atoms with Crippen molar-refractivity contribution in [2.45, 2.75) is 0 Å². The number of fused-ring (bicyclic) bond motifs is 9. The Kier molecular flexibility index (Phi) is 7.03. The van der Waals surface area contributed by atoms with Gasteiger partial charge in [-0.3, -0.25) is 0 Å². The fraction of sp³-hybridized carbons (Fsp3) is 0. The molecule has 12 aromatic rings. The number of furan rings is 1. The number of benzene rings is 8. The quantitative estimate of drug-likeness (QED) is 0.176. The molecule has 8 aromatic carbocycles. The average molecular weight is 747 g/mol. The van der Waals surface area contributed by atoms with E-state index in [0.717, 1.165) is 61.0 Å². The van der Waals surface area contributed by atoms with Gasteiger partial charge in [0, 0.05) is 64.1 Å². The third-order valence-electron chi connectivity index (χ3n) is 11.0. The maximum atomic E-state index is 6.50. The molecule has 0 bridgehead atoms. The van der Waals surface area contributed by atoms with Crippen LogP contribution in [0.5, 0.6) is 0 Å². The van der Waals surface area contributed by atoms with Gasteiger partial charge in [-0.05, 0) is 65.7 Å². The lowest BCUT2D eigenvalue weighted by Crippen LogP contribution is -2.01. The number of thiophene rings is 1. The van der Waals surface area contributed by atoms with Crippen LogP contribution in [0.2, 0.25) is 0 Å². The van der Waals surface area contributed by atoms with Crippen molar-refractivity contribution in [3.8, 4) is 51.0 Å². The Morgan fingerprint density at radius 1 is 0.386 bits per heavy atom. The van der Waals surface area contributed by atoms with Crippen LogP contribution in [-0.4, -0.2) is 19.5 Å². The molecule has 57 heavy (non-hydrogen) atoms. The first-order valence-corrected chi connectivity index (χ1v) is 19.8. The fourth-order valence-electron chi connectivity index (χ4n) is 8.42. The summed E-state index contributed by atoms with van der Waals surface area (Å²) in [6, 6.07) is 63.7. The third-order valence-corrected chi connectivity index (χ3v) is 12.2. The van der Waals surface area contributed by atoms with Gasteiger partial charge < -0.3 is 8.98 Å². The Labute approximate surface area is 330 Å². The Morgan fingerprint density at radius 3 is 1.88 bits per heavy atom. The van der Waals surface area contributed by atoms with Crippen LogP contribution in [0.15, 0.2) is 186 Å². The summed E-state index contributed by atoms with van der Waals surface area (Å²) in [5.74, 6) is 1.80. The summed E-state index contributed by atoms with van der Waals surface area (Å²) in [6.07, 6.45) is 0. The van der Waals surface area contributed by atoms with E-state index in [1.807, 2.05) is 53.8 Å². The van der Waals surface area contributed by atoms with Crippen molar-refractivity contribution in [3.05, 3.63) is 182 Å². The van der Waals surface area contributed by atoms with Crippen molar-refractivity contribution < 1.29 is 4.42 Å². The predicted octanol–water partition coefficient (Wildman–Crippen LogP) is 13.9. The lowest BCUT2D eigenvalue weighted by atomic mass is 9.99. The second kappa shape index (κ2) is 12.6. The molecule has 0 saturated carbocycles. The number of hydrogen-bond acceptors (Lipinski definition) is 5. The lowest BCUT2D eigenvalue weighted by molar-refractivity contribution is 0.669. The topological polar surface area (TPSA) is 56.7 Å². The van der Waals surface area contributed by atoms with Crippen molar-refractivity contribution in [1.82, 2.24) is 19.5 Å². The summed E-state index contributed by atoms with van der Waals surface area (Å²) < 4.78 is 11.5. The molecule has 0 aliphatic rings. The molecule has 5 nitrogen and oxygen atoms in total. The zero-order valence-electron chi connectivity index (χ0n) is 30.4. The van der Waals surface area contributed by atoms with Gasteiger partial charge in [0.25, 0.3) is 0 Å². The number of para-hydroxylation sites is 1. The molecule has 4 aromatic heterocycles. The van der Waals surface area contributed by atoms with Crippen LogP contribution >= 0.6 is 11.3 Å². The first-order chi connectivity index (χ1) is 28.2. The second-order valence-electron chi connectivity index (χ2n) is 14.4. The van der Waals surface area contributed by atoms with Crippen molar-refractivity contribution in [1.29, 1.82) is 0 Å². The highest BCUT2D eigenvalue weighted by Gasteiger charge is 2.19. The molecule has 12 rings (SSSR count). The largest absolute Gasteiger partial charge is 0.456 e. The molecule has 0 aliphatic heterocycles. The van der Waals surface area contributed by atoms with Crippen molar-refractivity contribution in [2.75, 3.05) is 0 Å². The molecule has 0 unspecified atom stereocenters. The Hall–Kier alpha value is -7.41. The van der Waals surface area contributed by atoms with Gasteiger partial charge in [-0.2, -0.15) is 0 Å².